The first-order valence-electron chi connectivity index (χ1n) is 7.19. The molecular formula is C18H18N2O. The van der Waals surface area contributed by atoms with E-state index in [0.29, 0.717) is 5.71 Å². The second-order valence-corrected chi connectivity index (χ2v) is 5.30. The number of benzene rings is 2. The van der Waals surface area contributed by atoms with E-state index in [-0.39, 0.29) is 6.04 Å². The van der Waals surface area contributed by atoms with Crippen molar-refractivity contribution in [3.63, 3.8) is 0 Å². The third-order valence-corrected chi connectivity index (χ3v) is 3.94. The highest BCUT2D eigenvalue weighted by Gasteiger charge is 2.19. The topological polar surface area (TPSA) is 45.0 Å². The lowest BCUT2D eigenvalue weighted by molar-refractivity contribution is 0.319. The van der Waals surface area contributed by atoms with Gasteiger partial charge in [-0.15, -0.1) is 0 Å². The molecule has 0 aliphatic carbocycles. The molecule has 2 aromatic carbocycles. The summed E-state index contributed by atoms with van der Waals surface area (Å²) in [5.74, 6) is 0. The molecule has 1 aliphatic heterocycles. The summed E-state index contributed by atoms with van der Waals surface area (Å²) in [5.41, 5.74) is 5.20. The van der Waals surface area contributed by atoms with Crippen LogP contribution in [0.2, 0.25) is 0 Å². The summed E-state index contributed by atoms with van der Waals surface area (Å²) in [6.45, 7) is 1.79. The number of oxime groups is 1. The molecule has 3 rings (SSSR count). The molecule has 0 amide bonds. The predicted octanol–water partition coefficient (Wildman–Crippen LogP) is 4.21. The second kappa shape index (κ2) is 5.92. The minimum absolute atomic E-state index is 0.237. The van der Waals surface area contributed by atoms with Gasteiger partial charge in [-0.05, 0) is 36.5 Å². The van der Waals surface area contributed by atoms with Gasteiger partial charge in [-0.1, -0.05) is 59.8 Å². The molecule has 0 spiro atoms. The molecule has 1 unspecified atom stereocenters. The Hall–Kier alpha value is -2.42. The lowest BCUT2D eigenvalue weighted by Crippen LogP contribution is -1.96. The Bertz CT molecular complexity index is 672. The van der Waals surface area contributed by atoms with E-state index in [0.717, 1.165) is 18.4 Å². The van der Waals surface area contributed by atoms with E-state index >= 15 is 0 Å². The van der Waals surface area contributed by atoms with E-state index < -0.39 is 0 Å². The summed E-state index contributed by atoms with van der Waals surface area (Å²) in [5, 5.41) is 12.0. The minimum Gasteiger partial charge on any atom is -0.411 e. The zero-order valence-corrected chi connectivity index (χ0v) is 12.0. The SMILES string of the molecule is C/C(=N/O)c1ccc(C2CCC(c3ccccc3)=N2)cc1. The molecule has 0 fully saturated rings. The highest BCUT2D eigenvalue weighted by Crippen LogP contribution is 2.31. The van der Waals surface area contributed by atoms with E-state index in [1.165, 1.54) is 16.8 Å². The molecule has 1 aliphatic rings. The largest absolute Gasteiger partial charge is 0.411 e. The summed E-state index contributed by atoms with van der Waals surface area (Å²) >= 11 is 0. The molecule has 106 valence electrons. The molecule has 1 atom stereocenters. The van der Waals surface area contributed by atoms with Gasteiger partial charge in [0, 0.05) is 5.71 Å². The van der Waals surface area contributed by atoms with Crippen molar-refractivity contribution >= 4 is 11.4 Å². The van der Waals surface area contributed by atoms with Crippen LogP contribution in [0.4, 0.5) is 0 Å². The zero-order chi connectivity index (χ0) is 14.7. The van der Waals surface area contributed by atoms with Crippen LogP contribution in [0.3, 0.4) is 0 Å². The average molecular weight is 278 g/mol. The molecule has 0 radical (unpaired) electrons. The predicted molar refractivity (Wildman–Crippen MR) is 85.4 cm³/mol. The quantitative estimate of drug-likeness (QED) is 0.510. The standard InChI is InChI=1S/C18H18N2O/c1-13(20-21)14-7-9-16(10-8-14)18-12-11-17(19-18)15-5-3-2-4-6-15/h2-10,18,21H,11-12H2,1H3/b20-13-. The molecule has 1 heterocycles. The van der Waals surface area contributed by atoms with E-state index in [2.05, 4.69) is 41.6 Å². The van der Waals surface area contributed by atoms with Crippen molar-refractivity contribution in [1.29, 1.82) is 0 Å². The molecule has 0 bridgehead atoms. The first-order chi connectivity index (χ1) is 10.3. The molecule has 21 heavy (non-hydrogen) atoms. The zero-order valence-electron chi connectivity index (χ0n) is 12.0. The molecule has 2 aromatic rings. The molecular weight excluding hydrogens is 260 g/mol. The Kier molecular flexibility index (Phi) is 3.82. The maximum atomic E-state index is 8.80. The van der Waals surface area contributed by atoms with Crippen molar-refractivity contribution in [1.82, 2.24) is 0 Å². The summed E-state index contributed by atoms with van der Waals surface area (Å²) in [6, 6.07) is 18.7. The van der Waals surface area contributed by atoms with Crippen LogP contribution in [-0.4, -0.2) is 16.6 Å². The van der Waals surface area contributed by atoms with E-state index in [1.54, 1.807) is 6.92 Å². The van der Waals surface area contributed by atoms with Gasteiger partial charge >= 0.3 is 0 Å². The van der Waals surface area contributed by atoms with Crippen molar-refractivity contribution in [2.75, 3.05) is 0 Å². The van der Waals surface area contributed by atoms with E-state index in [9.17, 15) is 0 Å². The Balaban J connectivity index is 1.81. The Morgan fingerprint density at radius 2 is 1.81 bits per heavy atom. The van der Waals surface area contributed by atoms with Gasteiger partial charge in [0.2, 0.25) is 0 Å². The van der Waals surface area contributed by atoms with Crippen LogP contribution < -0.4 is 0 Å². The summed E-state index contributed by atoms with van der Waals surface area (Å²) in [7, 11) is 0. The Morgan fingerprint density at radius 3 is 2.48 bits per heavy atom. The number of hydrogen-bond acceptors (Lipinski definition) is 3. The van der Waals surface area contributed by atoms with Gasteiger partial charge in [0.15, 0.2) is 0 Å². The Labute approximate surface area is 124 Å². The number of nitrogens with zero attached hydrogens (tertiary/aromatic N) is 2. The van der Waals surface area contributed by atoms with Crippen LogP contribution in [0, 0.1) is 0 Å². The van der Waals surface area contributed by atoms with Crippen LogP contribution in [0.25, 0.3) is 0 Å². The van der Waals surface area contributed by atoms with Gasteiger partial charge in [0.1, 0.15) is 0 Å². The van der Waals surface area contributed by atoms with Gasteiger partial charge < -0.3 is 5.21 Å². The van der Waals surface area contributed by atoms with Crippen LogP contribution >= 0.6 is 0 Å². The maximum absolute atomic E-state index is 8.80. The van der Waals surface area contributed by atoms with Gasteiger partial charge in [0.25, 0.3) is 0 Å². The van der Waals surface area contributed by atoms with Gasteiger partial charge in [-0.2, -0.15) is 0 Å². The number of hydrogen-bond donors (Lipinski definition) is 1. The highest BCUT2D eigenvalue weighted by molar-refractivity contribution is 6.01. The normalized spacial score (nSPS) is 18.6. The summed E-state index contributed by atoms with van der Waals surface area (Å²) in [6.07, 6.45) is 2.07. The van der Waals surface area contributed by atoms with Gasteiger partial charge in [-0.3, -0.25) is 4.99 Å². The van der Waals surface area contributed by atoms with Crippen molar-refractivity contribution in [2.45, 2.75) is 25.8 Å². The highest BCUT2D eigenvalue weighted by atomic mass is 16.4. The van der Waals surface area contributed by atoms with Crippen molar-refractivity contribution in [2.24, 2.45) is 10.1 Å². The fourth-order valence-electron chi connectivity index (χ4n) is 2.69. The molecule has 1 N–H and O–H groups in total. The summed E-state index contributed by atoms with van der Waals surface area (Å²) < 4.78 is 0. The summed E-state index contributed by atoms with van der Waals surface area (Å²) in [4.78, 5) is 4.86. The van der Waals surface area contributed by atoms with E-state index in [1.807, 2.05) is 18.2 Å². The lowest BCUT2D eigenvalue weighted by Gasteiger charge is -2.07. The van der Waals surface area contributed by atoms with Crippen LogP contribution in [0.1, 0.15) is 42.5 Å². The number of aliphatic imine (C=N–C) groups is 1. The second-order valence-electron chi connectivity index (χ2n) is 5.30. The molecule has 3 heteroatoms. The van der Waals surface area contributed by atoms with Gasteiger partial charge in [-0.25, -0.2) is 0 Å². The number of rotatable bonds is 3. The first kappa shape index (κ1) is 13.6. The van der Waals surface area contributed by atoms with Crippen LogP contribution in [0.15, 0.2) is 64.7 Å². The van der Waals surface area contributed by atoms with Crippen LogP contribution in [-0.2, 0) is 0 Å². The van der Waals surface area contributed by atoms with Crippen molar-refractivity contribution < 1.29 is 5.21 Å². The molecule has 0 aromatic heterocycles. The fourth-order valence-corrected chi connectivity index (χ4v) is 2.69. The first-order valence-corrected chi connectivity index (χ1v) is 7.19. The van der Waals surface area contributed by atoms with Crippen molar-refractivity contribution in [3.05, 3.63) is 71.3 Å². The molecule has 0 saturated heterocycles. The van der Waals surface area contributed by atoms with E-state index in [4.69, 9.17) is 10.2 Å². The van der Waals surface area contributed by atoms with Crippen LogP contribution in [0.5, 0.6) is 0 Å². The minimum atomic E-state index is 0.237. The smallest absolute Gasteiger partial charge is 0.0836 e. The lowest BCUT2D eigenvalue weighted by atomic mass is 10.0. The monoisotopic (exact) mass is 278 g/mol. The third kappa shape index (κ3) is 2.87. The average Bonchev–Trinajstić information content (AvgIpc) is 3.05. The van der Waals surface area contributed by atoms with Gasteiger partial charge in [0.05, 0.1) is 11.8 Å². The maximum Gasteiger partial charge on any atom is 0.0836 e. The molecule has 0 saturated carbocycles. The Morgan fingerprint density at radius 1 is 1.10 bits per heavy atom. The fraction of sp³-hybridized carbons (Fsp3) is 0.222. The molecule has 3 nitrogen and oxygen atoms in total. The van der Waals surface area contributed by atoms with Crippen molar-refractivity contribution in [3.8, 4) is 0 Å². The third-order valence-electron chi connectivity index (χ3n) is 3.94.